The molecule has 3 heterocycles. The van der Waals surface area contributed by atoms with Crippen molar-refractivity contribution in [3.8, 4) is 0 Å². The van der Waals surface area contributed by atoms with Crippen molar-refractivity contribution in [1.29, 1.82) is 0 Å². The minimum Gasteiger partial charge on any atom is -0.328 e. The van der Waals surface area contributed by atoms with Crippen molar-refractivity contribution in [1.82, 2.24) is 20.8 Å². The fourth-order valence-electron chi connectivity index (χ4n) is 3.33. The first-order valence-corrected chi connectivity index (χ1v) is 11.0. The van der Waals surface area contributed by atoms with Gasteiger partial charge in [0.15, 0.2) is 0 Å². The molecule has 0 unspecified atom stereocenters. The minimum absolute atomic E-state index is 0.0000501. The van der Waals surface area contributed by atoms with Crippen LogP contribution in [0.2, 0.25) is 5.02 Å². The lowest BCUT2D eigenvalue weighted by atomic mass is 10.1. The van der Waals surface area contributed by atoms with Gasteiger partial charge >= 0.3 is 0 Å². The van der Waals surface area contributed by atoms with Crippen molar-refractivity contribution in [3.63, 3.8) is 0 Å². The molecule has 2 N–H and O–H groups in total. The van der Waals surface area contributed by atoms with Crippen molar-refractivity contribution in [2.24, 2.45) is 4.40 Å². The highest BCUT2D eigenvalue weighted by molar-refractivity contribution is 7.90. The molecule has 1 aromatic carbocycles. The van der Waals surface area contributed by atoms with Gasteiger partial charge in [-0.1, -0.05) is 18.0 Å². The van der Waals surface area contributed by atoms with Crippen LogP contribution in [-0.4, -0.2) is 42.6 Å². The average Bonchev–Trinajstić information content (AvgIpc) is 2.97. The van der Waals surface area contributed by atoms with Crippen LogP contribution >= 0.6 is 11.6 Å². The lowest BCUT2D eigenvalue weighted by Crippen LogP contribution is -2.42. The van der Waals surface area contributed by atoms with Gasteiger partial charge in [0, 0.05) is 25.4 Å². The first-order chi connectivity index (χ1) is 14.4. The zero-order chi connectivity index (χ0) is 21.3. The second-order valence-corrected chi connectivity index (χ2v) is 8.72. The lowest BCUT2D eigenvalue weighted by molar-refractivity contribution is 0.0843. The average molecular weight is 449 g/mol. The number of benzene rings is 1. The van der Waals surface area contributed by atoms with Crippen LogP contribution in [0.5, 0.6) is 0 Å². The standard InChI is InChI=1S/C18H17ClN6O4S/c19-12-9-14-15(30(28,29)24-16-4-2-1-3-7-25(14)16)8-11(12)17(26)22-23-18(27)13-10-20-5-6-21-13/h5-6,8-10H,1-4,7H2,(H,22,26)(H,23,27). The molecule has 0 saturated carbocycles. The van der Waals surface area contributed by atoms with Gasteiger partial charge in [-0.05, 0) is 25.0 Å². The number of halogens is 1. The normalized spacial score (nSPS) is 17.1. The molecule has 30 heavy (non-hydrogen) atoms. The molecule has 12 heteroatoms. The van der Waals surface area contributed by atoms with E-state index < -0.39 is 21.8 Å². The molecule has 0 atom stereocenters. The summed E-state index contributed by atoms with van der Waals surface area (Å²) in [6, 6.07) is 2.63. The van der Waals surface area contributed by atoms with E-state index in [1.165, 1.54) is 30.7 Å². The molecule has 0 aliphatic carbocycles. The summed E-state index contributed by atoms with van der Waals surface area (Å²) in [5, 5.41) is 0.0562. The van der Waals surface area contributed by atoms with E-state index in [0.29, 0.717) is 24.5 Å². The fraction of sp³-hybridized carbons (Fsp3) is 0.278. The number of hydrazine groups is 1. The van der Waals surface area contributed by atoms with Gasteiger partial charge < -0.3 is 4.90 Å². The van der Waals surface area contributed by atoms with Crippen LogP contribution in [0.3, 0.4) is 0 Å². The number of nitrogens with one attached hydrogen (secondary N) is 2. The molecule has 2 aromatic rings. The summed E-state index contributed by atoms with van der Waals surface area (Å²) in [4.78, 5) is 33.9. The zero-order valence-corrected chi connectivity index (χ0v) is 17.2. The number of amides is 2. The quantitative estimate of drug-likeness (QED) is 0.667. The Morgan fingerprint density at radius 1 is 1.07 bits per heavy atom. The van der Waals surface area contributed by atoms with E-state index in [1.807, 2.05) is 4.90 Å². The maximum Gasteiger partial charge on any atom is 0.289 e. The van der Waals surface area contributed by atoms with Crippen molar-refractivity contribution in [2.45, 2.75) is 30.6 Å². The maximum atomic E-state index is 12.7. The van der Waals surface area contributed by atoms with Crippen LogP contribution in [0.1, 0.15) is 46.5 Å². The van der Waals surface area contributed by atoms with E-state index in [4.69, 9.17) is 11.6 Å². The second-order valence-electron chi connectivity index (χ2n) is 6.74. The SMILES string of the molecule is O=C(NNC(=O)c1cc2c(cc1Cl)N1CCCCCC1=NS2(=O)=O)c1cnccn1. The highest BCUT2D eigenvalue weighted by Gasteiger charge is 2.33. The number of carbonyl (C=O) groups is 2. The lowest BCUT2D eigenvalue weighted by Gasteiger charge is -2.30. The molecule has 1 saturated heterocycles. The van der Waals surface area contributed by atoms with Gasteiger partial charge in [0.1, 0.15) is 16.4 Å². The Hall–Kier alpha value is -3.05. The number of carbonyl (C=O) groups excluding carboxylic acids is 2. The third-order valence-corrected chi connectivity index (χ3v) is 6.41. The smallest absolute Gasteiger partial charge is 0.289 e. The van der Waals surface area contributed by atoms with Gasteiger partial charge in [-0.2, -0.15) is 8.42 Å². The predicted octanol–water partition coefficient (Wildman–Crippen LogP) is 1.69. The largest absolute Gasteiger partial charge is 0.328 e. The van der Waals surface area contributed by atoms with E-state index in [9.17, 15) is 18.0 Å². The highest BCUT2D eigenvalue weighted by Crippen LogP contribution is 2.37. The Balaban J connectivity index is 1.61. The molecule has 2 aliphatic rings. The molecule has 156 valence electrons. The van der Waals surface area contributed by atoms with E-state index in [1.54, 1.807) is 0 Å². The fourth-order valence-corrected chi connectivity index (χ4v) is 4.84. The van der Waals surface area contributed by atoms with Gasteiger partial charge in [0.2, 0.25) is 0 Å². The van der Waals surface area contributed by atoms with Crippen molar-refractivity contribution >= 4 is 45.0 Å². The Kier molecular flexibility index (Phi) is 5.39. The molecule has 1 fully saturated rings. The summed E-state index contributed by atoms with van der Waals surface area (Å²) in [6.45, 7) is 0.622. The third kappa shape index (κ3) is 3.85. The van der Waals surface area contributed by atoms with Gasteiger partial charge in [0.05, 0.1) is 22.5 Å². The Labute approximate surface area is 177 Å². The third-order valence-electron chi connectivity index (χ3n) is 4.77. The van der Waals surface area contributed by atoms with Crippen LogP contribution < -0.4 is 15.8 Å². The van der Waals surface area contributed by atoms with Crippen molar-refractivity contribution in [2.75, 3.05) is 11.4 Å². The van der Waals surface area contributed by atoms with Crippen molar-refractivity contribution in [3.05, 3.63) is 47.0 Å². The number of hydrogen-bond donors (Lipinski definition) is 2. The summed E-state index contributed by atoms with van der Waals surface area (Å²) >= 11 is 6.30. The van der Waals surface area contributed by atoms with E-state index in [0.717, 1.165) is 19.3 Å². The minimum atomic E-state index is -3.97. The molecule has 2 aliphatic heterocycles. The molecule has 10 nitrogen and oxygen atoms in total. The number of nitrogens with zero attached hydrogens (tertiary/aromatic N) is 4. The molecular formula is C18H17ClN6O4S. The summed E-state index contributed by atoms with van der Waals surface area (Å²) in [6.07, 6.45) is 7.27. The summed E-state index contributed by atoms with van der Waals surface area (Å²) < 4.78 is 29.3. The molecule has 0 radical (unpaired) electrons. The van der Waals surface area contributed by atoms with Gasteiger partial charge in [-0.3, -0.25) is 25.4 Å². The van der Waals surface area contributed by atoms with Gasteiger partial charge in [-0.15, -0.1) is 4.40 Å². The molecule has 0 spiro atoms. The molecule has 2 amide bonds. The Bertz CT molecular complexity index is 1150. The summed E-state index contributed by atoms with van der Waals surface area (Å²) in [5.41, 5.74) is 4.70. The molecule has 4 rings (SSSR count). The first-order valence-electron chi connectivity index (χ1n) is 9.18. The topological polar surface area (TPSA) is 134 Å². The van der Waals surface area contributed by atoms with Crippen LogP contribution in [-0.2, 0) is 10.0 Å². The van der Waals surface area contributed by atoms with Crippen molar-refractivity contribution < 1.29 is 18.0 Å². The highest BCUT2D eigenvalue weighted by atomic mass is 35.5. The number of amidine groups is 1. The van der Waals surface area contributed by atoms with Gasteiger partial charge in [-0.25, -0.2) is 4.98 Å². The summed E-state index contributed by atoms with van der Waals surface area (Å²) in [5.74, 6) is -0.970. The number of hydrogen-bond acceptors (Lipinski definition) is 7. The van der Waals surface area contributed by atoms with Gasteiger partial charge in [0.25, 0.3) is 21.8 Å². The number of fused-ring (bicyclic) bond motifs is 3. The monoisotopic (exact) mass is 448 g/mol. The molecule has 0 bridgehead atoms. The summed E-state index contributed by atoms with van der Waals surface area (Å²) in [7, 11) is -3.97. The predicted molar refractivity (Wildman–Crippen MR) is 109 cm³/mol. The van der Waals surface area contributed by atoms with E-state index in [2.05, 4.69) is 25.2 Å². The van der Waals surface area contributed by atoms with Crippen LogP contribution in [0.15, 0.2) is 40.0 Å². The first kappa shape index (κ1) is 20.2. The molecule has 1 aromatic heterocycles. The van der Waals surface area contributed by atoms with E-state index in [-0.39, 0.29) is 21.2 Å². The number of aromatic nitrogens is 2. The van der Waals surface area contributed by atoms with Crippen LogP contribution in [0, 0.1) is 0 Å². The number of sulfonamides is 1. The van der Waals surface area contributed by atoms with E-state index >= 15 is 0 Å². The molecular weight excluding hydrogens is 432 g/mol. The zero-order valence-electron chi connectivity index (χ0n) is 15.6. The van der Waals surface area contributed by atoms with Crippen LogP contribution in [0.4, 0.5) is 5.69 Å². The number of rotatable bonds is 2. The Morgan fingerprint density at radius 3 is 2.63 bits per heavy atom. The number of anilines is 1. The Morgan fingerprint density at radius 2 is 1.87 bits per heavy atom. The maximum absolute atomic E-state index is 12.7. The second kappa shape index (κ2) is 8.00. The van der Waals surface area contributed by atoms with Crippen LogP contribution in [0.25, 0.3) is 0 Å².